The van der Waals surface area contributed by atoms with Crippen LogP contribution in [0.3, 0.4) is 0 Å². The van der Waals surface area contributed by atoms with Crippen LogP contribution in [0.5, 0.6) is 0 Å². The molecule has 0 aliphatic carbocycles. The first kappa shape index (κ1) is 14.6. The predicted octanol–water partition coefficient (Wildman–Crippen LogP) is 2.59. The highest BCUT2D eigenvalue weighted by Gasteiger charge is 2.35. The van der Waals surface area contributed by atoms with Gasteiger partial charge in [-0.3, -0.25) is 5.10 Å². The first-order valence-electron chi connectivity index (χ1n) is 6.76. The highest BCUT2D eigenvalue weighted by molar-refractivity contribution is 6.30. The zero-order chi connectivity index (χ0) is 15.7. The van der Waals surface area contributed by atoms with Crippen molar-refractivity contribution >= 4 is 23.5 Å². The molecule has 1 N–H and O–H groups in total. The quantitative estimate of drug-likeness (QED) is 0.879. The number of nitrogens with one attached hydrogen (secondary N) is 1. The topological polar surface area (TPSA) is 81.3 Å². The van der Waals surface area contributed by atoms with E-state index in [1.54, 1.807) is 31.2 Å². The molecule has 114 valence electrons. The fourth-order valence-corrected chi connectivity index (χ4v) is 2.42. The molecule has 1 aromatic heterocycles. The number of esters is 2. The lowest BCUT2D eigenvalue weighted by Crippen LogP contribution is -2.22. The number of halogens is 1. The molecule has 0 bridgehead atoms. The number of hydrogen-bond acceptors (Lipinski definition) is 5. The van der Waals surface area contributed by atoms with Crippen LogP contribution < -0.4 is 0 Å². The summed E-state index contributed by atoms with van der Waals surface area (Å²) in [5.74, 6) is -1.16. The minimum atomic E-state index is -0.861. The van der Waals surface area contributed by atoms with Gasteiger partial charge in [-0.1, -0.05) is 23.7 Å². The maximum absolute atomic E-state index is 12.0. The van der Waals surface area contributed by atoms with E-state index in [9.17, 15) is 9.59 Å². The van der Waals surface area contributed by atoms with Crippen LogP contribution in [-0.4, -0.2) is 34.3 Å². The van der Waals surface area contributed by atoms with Gasteiger partial charge >= 0.3 is 11.9 Å². The van der Waals surface area contributed by atoms with Crippen molar-refractivity contribution in [1.82, 2.24) is 10.2 Å². The molecule has 3 rings (SSSR count). The van der Waals surface area contributed by atoms with Crippen molar-refractivity contribution in [2.75, 3.05) is 0 Å². The summed E-state index contributed by atoms with van der Waals surface area (Å²) in [7, 11) is 0. The van der Waals surface area contributed by atoms with E-state index in [0.29, 0.717) is 17.1 Å². The summed E-state index contributed by atoms with van der Waals surface area (Å²) in [6.07, 6.45) is -0.741. The van der Waals surface area contributed by atoms with Crippen LogP contribution in [0.4, 0.5) is 0 Å². The highest BCUT2D eigenvalue weighted by Crippen LogP contribution is 2.23. The average molecular weight is 321 g/mol. The van der Waals surface area contributed by atoms with Crippen molar-refractivity contribution in [3.63, 3.8) is 0 Å². The van der Waals surface area contributed by atoms with Crippen molar-refractivity contribution in [1.29, 1.82) is 0 Å². The number of carbonyl (C=O) groups is 2. The molecule has 2 atom stereocenters. The SMILES string of the molecule is C[C@@H]1C[C@@H](OC(=O)c2cc(-c3cccc(Cl)c3)n[nH]2)C(=O)O1. The number of nitrogens with zero attached hydrogens (tertiary/aromatic N) is 1. The van der Waals surface area contributed by atoms with Crippen LogP contribution in [-0.2, 0) is 14.3 Å². The third-order valence-electron chi connectivity index (χ3n) is 3.29. The molecule has 22 heavy (non-hydrogen) atoms. The third-order valence-corrected chi connectivity index (χ3v) is 3.53. The van der Waals surface area contributed by atoms with E-state index in [-0.39, 0.29) is 11.8 Å². The van der Waals surface area contributed by atoms with Gasteiger partial charge < -0.3 is 9.47 Å². The van der Waals surface area contributed by atoms with Gasteiger partial charge in [-0.2, -0.15) is 5.10 Å². The molecule has 7 heteroatoms. The Hall–Kier alpha value is -2.34. The zero-order valence-electron chi connectivity index (χ0n) is 11.7. The molecular formula is C15H13ClN2O4. The Morgan fingerprint density at radius 2 is 2.27 bits per heavy atom. The van der Waals surface area contributed by atoms with Crippen molar-refractivity contribution < 1.29 is 19.1 Å². The van der Waals surface area contributed by atoms with Gasteiger partial charge in [0.25, 0.3) is 0 Å². The number of ether oxygens (including phenoxy) is 2. The van der Waals surface area contributed by atoms with Crippen LogP contribution in [0.25, 0.3) is 11.3 Å². The summed E-state index contributed by atoms with van der Waals surface area (Å²) in [5, 5.41) is 7.24. The monoisotopic (exact) mass is 320 g/mol. The summed E-state index contributed by atoms with van der Waals surface area (Å²) < 4.78 is 10.1. The minimum Gasteiger partial charge on any atom is -0.460 e. The summed E-state index contributed by atoms with van der Waals surface area (Å²) in [6, 6.07) is 8.66. The van der Waals surface area contributed by atoms with Gasteiger partial charge in [-0.15, -0.1) is 0 Å². The molecule has 1 aromatic carbocycles. The van der Waals surface area contributed by atoms with Crippen LogP contribution in [0.2, 0.25) is 5.02 Å². The van der Waals surface area contributed by atoms with Crippen LogP contribution in [0, 0.1) is 0 Å². The number of hydrogen-bond donors (Lipinski definition) is 1. The van der Waals surface area contributed by atoms with Crippen LogP contribution in [0.15, 0.2) is 30.3 Å². The summed E-state index contributed by atoms with van der Waals surface area (Å²) in [5.41, 5.74) is 1.51. The second kappa shape index (κ2) is 5.81. The molecule has 0 radical (unpaired) electrons. The molecule has 0 amide bonds. The van der Waals surface area contributed by atoms with Gasteiger partial charge in [0.15, 0.2) is 0 Å². The standard InChI is InChI=1S/C15H13ClN2O4/c1-8-5-13(15(20)21-8)22-14(19)12-7-11(17-18-12)9-3-2-4-10(16)6-9/h2-4,6-8,13H,5H2,1H3,(H,17,18)/t8-,13-/m1/s1. The second-order valence-electron chi connectivity index (χ2n) is 5.05. The number of rotatable bonds is 3. The van der Waals surface area contributed by atoms with Crippen molar-refractivity contribution in [2.45, 2.75) is 25.6 Å². The van der Waals surface area contributed by atoms with Gasteiger partial charge in [-0.25, -0.2) is 9.59 Å². The largest absolute Gasteiger partial charge is 0.460 e. The predicted molar refractivity (Wildman–Crippen MR) is 78.4 cm³/mol. The summed E-state index contributed by atoms with van der Waals surface area (Å²) in [6.45, 7) is 1.75. The maximum atomic E-state index is 12.0. The highest BCUT2D eigenvalue weighted by atomic mass is 35.5. The Balaban J connectivity index is 1.73. The van der Waals surface area contributed by atoms with E-state index in [2.05, 4.69) is 10.2 Å². The number of H-pyrrole nitrogens is 1. The molecule has 2 aromatic rings. The molecular weight excluding hydrogens is 308 g/mol. The molecule has 2 heterocycles. The second-order valence-corrected chi connectivity index (χ2v) is 5.49. The Morgan fingerprint density at radius 3 is 2.95 bits per heavy atom. The van der Waals surface area contributed by atoms with Crippen molar-refractivity contribution in [3.8, 4) is 11.3 Å². The molecule has 0 saturated carbocycles. The number of benzene rings is 1. The van der Waals surface area contributed by atoms with E-state index in [4.69, 9.17) is 21.1 Å². The fraction of sp³-hybridized carbons (Fsp3) is 0.267. The lowest BCUT2D eigenvalue weighted by Gasteiger charge is -2.06. The van der Waals surface area contributed by atoms with Gasteiger partial charge in [0, 0.05) is 17.0 Å². The van der Waals surface area contributed by atoms with Crippen LogP contribution in [0.1, 0.15) is 23.8 Å². The molecule has 0 unspecified atom stereocenters. The lowest BCUT2D eigenvalue weighted by atomic mass is 10.1. The first-order chi connectivity index (χ1) is 10.5. The lowest BCUT2D eigenvalue weighted by molar-refractivity contribution is -0.147. The number of aromatic nitrogens is 2. The molecule has 1 aliphatic rings. The Bertz CT molecular complexity index is 728. The van der Waals surface area contributed by atoms with Gasteiger partial charge in [0.2, 0.25) is 6.10 Å². The van der Waals surface area contributed by atoms with Crippen LogP contribution >= 0.6 is 11.6 Å². The Kier molecular flexibility index (Phi) is 3.85. The molecule has 1 aliphatic heterocycles. The molecule has 6 nitrogen and oxygen atoms in total. The maximum Gasteiger partial charge on any atom is 0.357 e. The summed E-state index contributed by atoms with van der Waals surface area (Å²) in [4.78, 5) is 23.5. The van der Waals surface area contributed by atoms with Crippen molar-refractivity contribution in [3.05, 3.63) is 41.0 Å². The third kappa shape index (κ3) is 2.96. The average Bonchev–Trinajstić information content (AvgIpc) is 3.06. The summed E-state index contributed by atoms with van der Waals surface area (Å²) >= 11 is 5.93. The van der Waals surface area contributed by atoms with E-state index < -0.39 is 18.0 Å². The van der Waals surface area contributed by atoms with Gasteiger partial charge in [-0.05, 0) is 25.1 Å². The molecule has 0 spiro atoms. The Labute approximate surface area is 131 Å². The van der Waals surface area contributed by atoms with E-state index in [0.717, 1.165) is 5.56 Å². The van der Waals surface area contributed by atoms with E-state index >= 15 is 0 Å². The molecule has 1 saturated heterocycles. The fourth-order valence-electron chi connectivity index (χ4n) is 2.23. The van der Waals surface area contributed by atoms with E-state index in [1.807, 2.05) is 6.07 Å². The first-order valence-corrected chi connectivity index (χ1v) is 7.13. The van der Waals surface area contributed by atoms with Gasteiger partial charge in [0.05, 0.1) is 5.69 Å². The Morgan fingerprint density at radius 1 is 1.45 bits per heavy atom. The smallest absolute Gasteiger partial charge is 0.357 e. The van der Waals surface area contributed by atoms with E-state index in [1.165, 1.54) is 0 Å². The normalized spacial score (nSPS) is 20.7. The zero-order valence-corrected chi connectivity index (χ0v) is 12.5. The number of carbonyl (C=O) groups excluding carboxylic acids is 2. The minimum absolute atomic E-state index is 0.169. The van der Waals surface area contributed by atoms with Crippen molar-refractivity contribution in [2.24, 2.45) is 0 Å². The number of cyclic esters (lactones) is 1. The molecule has 1 fully saturated rings. The number of aromatic amines is 1. The van der Waals surface area contributed by atoms with Gasteiger partial charge in [0.1, 0.15) is 11.8 Å².